The first kappa shape index (κ1) is 11.8. The van der Waals surface area contributed by atoms with Crippen molar-refractivity contribution >= 4 is 5.97 Å². The molecule has 0 bridgehead atoms. The van der Waals surface area contributed by atoms with Gasteiger partial charge in [-0.2, -0.15) is 0 Å². The van der Waals surface area contributed by atoms with Gasteiger partial charge in [-0.1, -0.05) is 13.8 Å². The second kappa shape index (κ2) is 6.29. The lowest BCUT2D eigenvalue weighted by molar-refractivity contribution is -0.136. The van der Waals surface area contributed by atoms with Crippen LogP contribution in [0.15, 0.2) is 12.3 Å². The SMILES string of the molecule is CC.Cc1cc(CCC(=O)O)c[nH]1. The minimum atomic E-state index is -0.746. The summed E-state index contributed by atoms with van der Waals surface area (Å²) in [5, 5.41) is 8.37. The van der Waals surface area contributed by atoms with Crippen LogP contribution in [0.5, 0.6) is 0 Å². The predicted molar refractivity (Wildman–Crippen MR) is 52.8 cm³/mol. The smallest absolute Gasteiger partial charge is 0.303 e. The van der Waals surface area contributed by atoms with Crippen molar-refractivity contribution in [1.29, 1.82) is 0 Å². The fourth-order valence-corrected chi connectivity index (χ4v) is 0.964. The van der Waals surface area contributed by atoms with Crippen LogP contribution in [0.3, 0.4) is 0 Å². The van der Waals surface area contributed by atoms with Crippen molar-refractivity contribution in [2.75, 3.05) is 0 Å². The number of aromatic nitrogens is 1. The molecule has 0 saturated carbocycles. The molecular formula is C10H17NO2. The number of hydrogen-bond donors (Lipinski definition) is 2. The quantitative estimate of drug-likeness (QED) is 0.755. The number of aromatic amines is 1. The Bertz CT molecular complexity index is 253. The molecule has 0 radical (unpaired) electrons. The highest BCUT2D eigenvalue weighted by molar-refractivity contribution is 5.67. The number of aliphatic carboxylic acids is 1. The van der Waals surface area contributed by atoms with Gasteiger partial charge in [-0.15, -0.1) is 0 Å². The first-order valence-electron chi connectivity index (χ1n) is 4.54. The van der Waals surface area contributed by atoms with Crippen molar-refractivity contribution in [1.82, 2.24) is 4.98 Å². The number of carbonyl (C=O) groups is 1. The van der Waals surface area contributed by atoms with Crippen molar-refractivity contribution in [3.8, 4) is 0 Å². The van der Waals surface area contributed by atoms with Gasteiger partial charge in [-0.05, 0) is 25.0 Å². The first-order chi connectivity index (χ1) is 6.18. The van der Waals surface area contributed by atoms with Crippen LogP contribution in [-0.2, 0) is 11.2 Å². The molecule has 74 valence electrons. The minimum absolute atomic E-state index is 0.206. The van der Waals surface area contributed by atoms with E-state index in [2.05, 4.69) is 4.98 Å². The molecule has 2 N–H and O–H groups in total. The molecule has 0 fully saturated rings. The summed E-state index contributed by atoms with van der Waals surface area (Å²) in [6.45, 7) is 5.95. The molecular weight excluding hydrogens is 166 g/mol. The summed E-state index contributed by atoms with van der Waals surface area (Å²) < 4.78 is 0. The molecule has 0 spiro atoms. The Balaban J connectivity index is 0.000000671. The Morgan fingerprint density at radius 3 is 2.54 bits per heavy atom. The van der Waals surface area contributed by atoms with Gasteiger partial charge in [0.25, 0.3) is 0 Å². The summed E-state index contributed by atoms with van der Waals surface area (Å²) in [6, 6.07) is 1.96. The molecule has 3 heteroatoms. The fraction of sp³-hybridized carbons (Fsp3) is 0.500. The third-order valence-corrected chi connectivity index (χ3v) is 1.51. The molecule has 0 aliphatic rings. The van der Waals surface area contributed by atoms with Crippen molar-refractivity contribution in [2.45, 2.75) is 33.6 Å². The monoisotopic (exact) mass is 183 g/mol. The third kappa shape index (κ3) is 5.06. The van der Waals surface area contributed by atoms with E-state index >= 15 is 0 Å². The van der Waals surface area contributed by atoms with Crippen LogP contribution in [0.2, 0.25) is 0 Å². The molecule has 1 heterocycles. The topological polar surface area (TPSA) is 53.1 Å². The highest BCUT2D eigenvalue weighted by Gasteiger charge is 1.99. The number of rotatable bonds is 3. The van der Waals surface area contributed by atoms with E-state index in [1.807, 2.05) is 33.0 Å². The Morgan fingerprint density at radius 1 is 1.54 bits per heavy atom. The molecule has 0 aliphatic carbocycles. The summed E-state index contributed by atoms with van der Waals surface area (Å²) in [5.41, 5.74) is 2.13. The number of hydrogen-bond acceptors (Lipinski definition) is 1. The van der Waals surface area contributed by atoms with Crippen molar-refractivity contribution in [3.05, 3.63) is 23.5 Å². The van der Waals surface area contributed by atoms with E-state index < -0.39 is 5.97 Å². The molecule has 0 atom stereocenters. The predicted octanol–water partition coefficient (Wildman–Crippen LogP) is 2.37. The van der Waals surface area contributed by atoms with Gasteiger partial charge in [0, 0.05) is 18.3 Å². The fourth-order valence-electron chi connectivity index (χ4n) is 0.964. The lowest BCUT2D eigenvalue weighted by atomic mass is 10.2. The van der Waals surface area contributed by atoms with Crippen LogP contribution < -0.4 is 0 Å². The number of aryl methyl sites for hydroxylation is 2. The van der Waals surface area contributed by atoms with Crippen LogP contribution in [0.25, 0.3) is 0 Å². The molecule has 1 rings (SSSR count). The van der Waals surface area contributed by atoms with Gasteiger partial charge in [0.05, 0.1) is 0 Å². The maximum atomic E-state index is 10.2. The molecule has 0 saturated heterocycles. The lowest BCUT2D eigenvalue weighted by Gasteiger charge is -1.90. The first-order valence-corrected chi connectivity index (χ1v) is 4.54. The van der Waals surface area contributed by atoms with Crippen LogP contribution in [0.4, 0.5) is 0 Å². The number of H-pyrrole nitrogens is 1. The average Bonchev–Trinajstić information content (AvgIpc) is 2.52. The van der Waals surface area contributed by atoms with Crippen molar-refractivity contribution < 1.29 is 9.90 Å². The van der Waals surface area contributed by atoms with Gasteiger partial charge in [0.2, 0.25) is 0 Å². The standard InChI is InChI=1S/C8H11NO2.C2H6/c1-6-4-7(5-9-6)2-3-8(10)11;1-2/h4-5,9H,2-3H2,1H3,(H,10,11);1-2H3. The van der Waals surface area contributed by atoms with Crippen LogP contribution in [0, 0.1) is 6.92 Å². The zero-order chi connectivity index (χ0) is 10.3. The Labute approximate surface area is 78.8 Å². The van der Waals surface area contributed by atoms with Crippen LogP contribution in [0.1, 0.15) is 31.5 Å². The van der Waals surface area contributed by atoms with E-state index in [9.17, 15) is 4.79 Å². The highest BCUT2D eigenvalue weighted by Crippen LogP contribution is 2.04. The van der Waals surface area contributed by atoms with Crippen LogP contribution in [-0.4, -0.2) is 16.1 Å². The Hall–Kier alpha value is -1.25. The summed E-state index contributed by atoms with van der Waals surface area (Å²) in [7, 11) is 0. The molecule has 0 aliphatic heterocycles. The minimum Gasteiger partial charge on any atom is -0.481 e. The number of nitrogens with one attached hydrogen (secondary N) is 1. The lowest BCUT2D eigenvalue weighted by Crippen LogP contribution is -1.96. The average molecular weight is 183 g/mol. The normalized spacial score (nSPS) is 8.85. The number of carboxylic acids is 1. The van der Waals surface area contributed by atoms with Crippen LogP contribution >= 0.6 is 0 Å². The van der Waals surface area contributed by atoms with Crippen molar-refractivity contribution in [3.63, 3.8) is 0 Å². The highest BCUT2D eigenvalue weighted by atomic mass is 16.4. The summed E-state index contributed by atoms with van der Waals surface area (Å²) in [4.78, 5) is 13.2. The maximum Gasteiger partial charge on any atom is 0.303 e. The Morgan fingerprint density at radius 2 is 2.15 bits per heavy atom. The largest absolute Gasteiger partial charge is 0.481 e. The summed E-state index contributed by atoms with van der Waals surface area (Å²) in [5.74, 6) is -0.746. The third-order valence-electron chi connectivity index (χ3n) is 1.51. The van der Waals surface area contributed by atoms with Gasteiger partial charge in [0.15, 0.2) is 0 Å². The maximum absolute atomic E-state index is 10.2. The van der Waals surface area contributed by atoms with Gasteiger partial charge in [-0.3, -0.25) is 4.79 Å². The molecule has 13 heavy (non-hydrogen) atoms. The van der Waals surface area contributed by atoms with E-state index in [1.54, 1.807) is 0 Å². The van der Waals surface area contributed by atoms with E-state index in [0.717, 1.165) is 11.3 Å². The van der Waals surface area contributed by atoms with Gasteiger partial charge in [0.1, 0.15) is 0 Å². The second-order valence-electron chi connectivity index (χ2n) is 2.58. The van der Waals surface area contributed by atoms with Gasteiger partial charge >= 0.3 is 5.97 Å². The zero-order valence-electron chi connectivity index (χ0n) is 8.42. The van der Waals surface area contributed by atoms with Gasteiger partial charge < -0.3 is 10.1 Å². The molecule has 0 amide bonds. The summed E-state index contributed by atoms with van der Waals surface area (Å²) >= 11 is 0. The summed E-state index contributed by atoms with van der Waals surface area (Å²) in [6.07, 6.45) is 2.66. The molecule has 1 aromatic rings. The molecule has 3 nitrogen and oxygen atoms in total. The van der Waals surface area contributed by atoms with E-state index in [-0.39, 0.29) is 6.42 Å². The van der Waals surface area contributed by atoms with Crippen molar-refractivity contribution in [2.24, 2.45) is 0 Å². The molecule has 1 aromatic heterocycles. The molecule has 0 unspecified atom stereocenters. The number of carboxylic acid groups (broad SMARTS) is 1. The van der Waals surface area contributed by atoms with E-state index in [0.29, 0.717) is 6.42 Å². The second-order valence-corrected chi connectivity index (χ2v) is 2.58. The van der Waals surface area contributed by atoms with E-state index in [4.69, 9.17) is 5.11 Å². The Kier molecular flexibility index (Phi) is 5.68. The molecule has 0 aromatic carbocycles. The zero-order valence-corrected chi connectivity index (χ0v) is 8.42. The van der Waals surface area contributed by atoms with Gasteiger partial charge in [-0.25, -0.2) is 0 Å². The van der Waals surface area contributed by atoms with E-state index in [1.165, 1.54) is 0 Å².